The van der Waals surface area contributed by atoms with Crippen LogP contribution in [0, 0.1) is 0 Å². The number of carbonyl (C=O) groups excluding carboxylic acids is 1. The van der Waals surface area contributed by atoms with E-state index in [4.69, 9.17) is 0 Å². The molecule has 0 spiro atoms. The topological polar surface area (TPSA) is 72.7 Å². The quantitative estimate of drug-likeness (QED) is 0.882. The lowest BCUT2D eigenvalue weighted by Gasteiger charge is -2.13. The van der Waals surface area contributed by atoms with Crippen molar-refractivity contribution in [3.05, 3.63) is 28.2 Å². The highest BCUT2D eigenvalue weighted by molar-refractivity contribution is 7.09. The molecule has 7 heteroatoms. The zero-order valence-corrected chi connectivity index (χ0v) is 12.1. The van der Waals surface area contributed by atoms with Crippen LogP contribution in [0.2, 0.25) is 0 Å². The van der Waals surface area contributed by atoms with Gasteiger partial charge in [0.05, 0.1) is 12.1 Å². The Hall–Kier alpha value is -1.76. The fourth-order valence-electron chi connectivity index (χ4n) is 2.13. The Morgan fingerprint density at radius 1 is 1.60 bits per heavy atom. The van der Waals surface area contributed by atoms with Gasteiger partial charge < -0.3 is 5.32 Å². The van der Waals surface area contributed by atoms with E-state index >= 15 is 0 Å². The summed E-state index contributed by atoms with van der Waals surface area (Å²) in [7, 11) is 0. The number of hydrogen-bond donors (Lipinski definition) is 1. The summed E-state index contributed by atoms with van der Waals surface area (Å²) >= 11 is 1.68. The average Bonchev–Trinajstić information content (AvgIpc) is 2.95. The summed E-state index contributed by atoms with van der Waals surface area (Å²) in [4.78, 5) is 13.2. The van der Waals surface area contributed by atoms with Crippen LogP contribution >= 0.6 is 11.3 Å². The predicted octanol–water partition coefficient (Wildman–Crippen LogP) is 1.88. The van der Waals surface area contributed by atoms with Crippen molar-refractivity contribution in [3.63, 3.8) is 0 Å². The number of nitrogens with one attached hydrogen (secondary N) is 1. The predicted molar refractivity (Wildman–Crippen MR) is 75.3 cm³/mol. The number of nitrogens with zero attached hydrogens (tertiary/aromatic N) is 4. The molecule has 20 heavy (non-hydrogen) atoms. The summed E-state index contributed by atoms with van der Waals surface area (Å²) in [6, 6.07) is 4.33. The number of carbonyl (C=O) groups is 1. The molecule has 106 valence electrons. The van der Waals surface area contributed by atoms with Crippen LogP contribution < -0.4 is 5.32 Å². The van der Waals surface area contributed by atoms with Gasteiger partial charge in [-0.05, 0) is 48.1 Å². The first-order valence-corrected chi connectivity index (χ1v) is 7.71. The molecule has 2 aromatic rings. The third kappa shape index (κ3) is 3.04. The third-order valence-electron chi connectivity index (χ3n) is 3.35. The molecule has 1 fully saturated rings. The van der Waals surface area contributed by atoms with Crippen molar-refractivity contribution in [3.8, 4) is 0 Å². The van der Waals surface area contributed by atoms with E-state index in [0.29, 0.717) is 12.5 Å². The van der Waals surface area contributed by atoms with Crippen molar-refractivity contribution in [1.29, 1.82) is 0 Å². The fraction of sp³-hybridized carbons (Fsp3) is 0.538. The molecule has 2 aromatic heterocycles. The summed E-state index contributed by atoms with van der Waals surface area (Å²) in [6.45, 7) is 1.92. The molecule has 1 atom stereocenters. The van der Waals surface area contributed by atoms with Crippen molar-refractivity contribution in [2.45, 2.75) is 44.7 Å². The van der Waals surface area contributed by atoms with Gasteiger partial charge >= 0.3 is 0 Å². The van der Waals surface area contributed by atoms with Crippen LogP contribution in [0.1, 0.15) is 49.0 Å². The monoisotopic (exact) mass is 291 g/mol. The maximum atomic E-state index is 12.0. The van der Waals surface area contributed by atoms with Gasteiger partial charge in [0.15, 0.2) is 5.82 Å². The van der Waals surface area contributed by atoms with E-state index in [1.807, 2.05) is 23.1 Å². The largest absolute Gasteiger partial charge is 0.346 e. The second-order valence-electron chi connectivity index (χ2n) is 5.08. The first kappa shape index (κ1) is 13.2. The van der Waals surface area contributed by atoms with Crippen LogP contribution in [0.25, 0.3) is 0 Å². The average molecular weight is 291 g/mol. The maximum Gasteiger partial charge on any atom is 0.220 e. The van der Waals surface area contributed by atoms with Crippen molar-refractivity contribution >= 4 is 17.2 Å². The van der Waals surface area contributed by atoms with Gasteiger partial charge in [-0.2, -0.15) is 0 Å². The van der Waals surface area contributed by atoms with Crippen molar-refractivity contribution in [1.82, 2.24) is 25.5 Å². The third-order valence-corrected chi connectivity index (χ3v) is 4.29. The summed E-state index contributed by atoms with van der Waals surface area (Å²) in [6.07, 6.45) is 3.52. The first-order chi connectivity index (χ1) is 9.74. The molecule has 3 rings (SSSR count). The molecule has 0 aliphatic heterocycles. The van der Waals surface area contributed by atoms with E-state index in [0.717, 1.165) is 25.1 Å². The molecule has 1 saturated carbocycles. The smallest absolute Gasteiger partial charge is 0.220 e. The molecular formula is C13H17N5OS. The molecule has 6 nitrogen and oxygen atoms in total. The minimum absolute atomic E-state index is 0.0382. The molecule has 1 amide bonds. The number of rotatable bonds is 6. The maximum absolute atomic E-state index is 12.0. The van der Waals surface area contributed by atoms with Crippen LogP contribution in [0.5, 0.6) is 0 Å². The Morgan fingerprint density at radius 3 is 3.15 bits per heavy atom. The van der Waals surface area contributed by atoms with Gasteiger partial charge in [0.2, 0.25) is 5.91 Å². The number of hydrogen-bond acceptors (Lipinski definition) is 5. The van der Waals surface area contributed by atoms with Crippen molar-refractivity contribution in [2.24, 2.45) is 0 Å². The minimum Gasteiger partial charge on any atom is -0.346 e. The molecule has 0 unspecified atom stereocenters. The lowest BCUT2D eigenvalue weighted by atomic mass is 10.2. The molecule has 1 aliphatic rings. The zero-order valence-electron chi connectivity index (χ0n) is 11.3. The van der Waals surface area contributed by atoms with E-state index in [1.165, 1.54) is 4.88 Å². The van der Waals surface area contributed by atoms with E-state index in [2.05, 4.69) is 26.9 Å². The second kappa shape index (κ2) is 5.70. The Morgan fingerprint density at radius 2 is 2.45 bits per heavy atom. The number of amides is 1. The number of aromatic nitrogens is 4. The normalized spacial score (nSPS) is 16.1. The van der Waals surface area contributed by atoms with Crippen LogP contribution in [0.3, 0.4) is 0 Å². The zero-order chi connectivity index (χ0) is 13.9. The number of tetrazole rings is 1. The molecule has 0 saturated heterocycles. The van der Waals surface area contributed by atoms with Crippen LogP contribution in [0.15, 0.2) is 17.5 Å². The van der Waals surface area contributed by atoms with Gasteiger partial charge in [-0.15, -0.1) is 16.4 Å². The molecular weight excluding hydrogens is 274 g/mol. The van der Waals surface area contributed by atoms with Crippen molar-refractivity contribution < 1.29 is 4.79 Å². The summed E-state index contributed by atoms with van der Waals surface area (Å²) in [5.74, 6) is 0.785. The molecule has 0 aromatic carbocycles. The van der Waals surface area contributed by atoms with Gasteiger partial charge in [-0.1, -0.05) is 6.07 Å². The van der Waals surface area contributed by atoms with Gasteiger partial charge in [0.25, 0.3) is 0 Å². The van der Waals surface area contributed by atoms with Gasteiger partial charge in [0.1, 0.15) is 0 Å². The lowest BCUT2D eigenvalue weighted by molar-refractivity contribution is -0.121. The Labute approximate surface area is 121 Å². The number of aryl methyl sites for hydroxylation is 1. The van der Waals surface area contributed by atoms with Gasteiger partial charge in [-0.3, -0.25) is 4.79 Å². The van der Waals surface area contributed by atoms with Gasteiger partial charge in [-0.25, -0.2) is 4.68 Å². The lowest BCUT2D eigenvalue weighted by Crippen LogP contribution is -2.29. The summed E-state index contributed by atoms with van der Waals surface area (Å²) in [5, 5.41) is 16.7. The second-order valence-corrected chi connectivity index (χ2v) is 6.11. The molecule has 0 radical (unpaired) electrons. The van der Waals surface area contributed by atoms with E-state index in [-0.39, 0.29) is 11.9 Å². The summed E-state index contributed by atoms with van der Waals surface area (Å²) < 4.78 is 1.84. The minimum atomic E-state index is -0.151. The fourth-order valence-corrected chi connectivity index (χ4v) is 2.84. The number of thiophene rings is 1. The van der Waals surface area contributed by atoms with Gasteiger partial charge in [0, 0.05) is 11.3 Å². The Kier molecular flexibility index (Phi) is 3.77. The molecule has 1 aliphatic carbocycles. The highest BCUT2D eigenvalue weighted by Crippen LogP contribution is 2.35. The Bertz CT molecular complexity index is 575. The molecule has 1 N–H and O–H groups in total. The highest BCUT2D eigenvalue weighted by atomic mass is 32.1. The summed E-state index contributed by atoms with van der Waals surface area (Å²) in [5.41, 5.74) is 0. The van der Waals surface area contributed by atoms with E-state index in [1.54, 1.807) is 11.3 Å². The standard InChI is InChI=1S/C13H17N5OS/c1-9(13-15-16-17-18(13)10-4-5-10)14-12(19)7-6-11-3-2-8-20-11/h2-3,8-10H,4-7H2,1H3,(H,14,19)/t9-/m0/s1. The van der Waals surface area contributed by atoms with Crippen LogP contribution in [-0.2, 0) is 11.2 Å². The van der Waals surface area contributed by atoms with E-state index in [9.17, 15) is 4.79 Å². The molecule has 2 heterocycles. The highest BCUT2D eigenvalue weighted by Gasteiger charge is 2.29. The SMILES string of the molecule is C[C@H](NC(=O)CCc1cccs1)c1nnnn1C1CC1. The van der Waals surface area contributed by atoms with Crippen LogP contribution in [0.4, 0.5) is 0 Å². The van der Waals surface area contributed by atoms with Crippen molar-refractivity contribution in [2.75, 3.05) is 0 Å². The Balaban J connectivity index is 1.53. The van der Waals surface area contributed by atoms with E-state index < -0.39 is 0 Å². The van der Waals surface area contributed by atoms with Crippen LogP contribution in [-0.4, -0.2) is 26.1 Å². The first-order valence-electron chi connectivity index (χ1n) is 6.83. The molecule has 0 bridgehead atoms.